The fourth-order valence-corrected chi connectivity index (χ4v) is 2.59. The average Bonchev–Trinajstić information content (AvgIpc) is 2.69. The van der Waals surface area contributed by atoms with Gasteiger partial charge in [0.15, 0.2) is 0 Å². The van der Waals surface area contributed by atoms with E-state index in [0.717, 1.165) is 26.5 Å². The van der Waals surface area contributed by atoms with Crippen LogP contribution in [0.3, 0.4) is 0 Å². The minimum Gasteiger partial charge on any atom is -0.508 e. The van der Waals surface area contributed by atoms with Gasteiger partial charge in [-0.3, -0.25) is 4.57 Å². The molecule has 0 atom stereocenters. The molecule has 0 aliphatic heterocycles. The van der Waals surface area contributed by atoms with Crippen LogP contribution in [0.15, 0.2) is 47.1 Å². The summed E-state index contributed by atoms with van der Waals surface area (Å²) in [7, 11) is 0. The molecule has 3 aromatic rings. The van der Waals surface area contributed by atoms with Gasteiger partial charge in [0.1, 0.15) is 5.75 Å². The van der Waals surface area contributed by atoms with E-state index in [-0.39, 0.29) is 11.6 Å². The Kier molecular flexibility index (Phi) is 2.75. The SMILES string of the molecule is Cc1c(Br)cccc1-n1cc2cc(O)ccc2c1O. The van der Waals surface area contributed by atoms with Crippen molar-refractivity contribution >= 4 is 26.7 Å². The molecule has 3 rings (SSSR count). The molecule has 1 heterocycles. The van der Waals surface area contributed by atoms with Crippen molar-refractivity contribution in [2.24, 2.45) is 0 Å². The Labute approximate surface area is 118 Å². The largest absolute Gasteiger partial charge is 0.508 e. The minimum absolute atomic E-state index is 0.177. The van der Waals surface area contributed by atoms with E-state index < -0.39 is 0 Å². The van der Waals surface area contributed by atoms with Crippen molar-refractivity contribution in [2.75, 3.05) is 0 Å². The first-order valence-electron chi connectivity index (χ1n) is 5.86. The number of fused-ring (bicyclic) bond motifs is 1. The highest BCUT2D eigenvalue weighted by Gasteiger charge is 2.12. The number of nitrogens with zero attached hydrogens (tertiary/aromatic N) is 1. The van der Waals surface area contributed by atoms with Gasteiger partial charge in [-0.25, -0.2) is 0 Å². The zero-order chi connectivity index (χ0) is 13.6. The maximum atomic E-state index is 10.3. The number of phenolic OH excluding ortho intramolecular Hbond substituents is 1. The molecule has 0 bridgehead atoms. The molecule has 0 saturated carbocycles. The first kappa shape index (κ1) is 12.1. The molecule has 3 nitrogen and oxygen atoms in total. The lowest BCUT2D eigenvalue weighted by atomic mass is 10.2. The van der Waals surface area contributed by atoms with E-state index in [9.17, 15) is 10.2 Å². The van der Waals surface area contributed by atoms with Gasteiger partial charge in [0, 0.05) is 21.4 Å². The zero-order valence-electron chi connectivity index (χ0n) is 10.3. The Morgan fingerprint density at radius 3 is 2.68 bits per heavy atom. The van der Waals surface area contributed by atoms with Crippen molar-refractivity contribution in [2.45, 2.75) is 6.92 Å². The third-order valence-corrected chi connectivity index (χ3v) is 4.13. The van der Waals surface area contributed by atoms with Crippen LogP contribution in [0.4, 0.5) is 0 Å². The van der Waals surface area contributed by atoms with E-state index in [2.05, 4.69) is 15.9 Å². The van der Waals surface area contributed by atoms with Gasteiger partial charge in [0.25, 0.3) is 0 Å². The third kappa shape index (κ3) is 1.88. The summed E-state index contributed by atoms with van der Waals surface area (Å²) in [6.07, 6.45) is 1.82. The van der Waals surface area contributed by atoms with Crippen LogP contribution in [0.1, 0.15) is 5.56 Å². The fraction of sp³-hybridized carbons (Fsp3) is 0.0667. The number of aromatic hydroxyl groups is 2. The Balaban J connectivity index is 2.31. The molecule has 1 aromatic heterocycles. The summed E-state index contributed by atoms with van der Waals surface area (Å²) >= 11 is 3.49. The van der Waals surface area contributed by atoms with Crippen molar-refractivity contribution in [1.29, 1.82) is 0 Å². The van der Waals surface area contributed by atoms with Gasteiger partial charge >= 0.3 is 0 Å². The average molecular weight is 318 g/mol. The van der Waals surface area contributed by atoms with Crippen LogP contribution in [0.25, 0.3) is 16.5 Å². The smallest absolute Gasteiger partial charge is 0.203 e. The molecule has 0 saturated heterocycles. The maximum Gasteiger partial charge on any atom is 0.203 e. The molecule has 0 radical (unpaired) electrons. The van der Waals surface area contributed by atoms with Gasteiger partial charge in [0.05, 0.1) is 5.69 Å². The van der Waals surface area contributed by atoms with Crippen LogP contribution in [0.5, 0.6) is 11.6 Å². The summed E-state index contributed by atoms with van der Waals surface area (Å²) in [5, 5.41) is 21.3. The molecule has 2 aromatic carbocycles. The van der Waals surface area contributed by atoms with E-state index >= 15 is 0 Å². The number of aromatic nitrogens is 1. The Hall–Kier alpha value is -1.94. The minimum atomic E-state index is 0.177. The molecular weight excluding hydrogens is 306 g/mol. The van der Waals surface area contributed by atoms with Gasteiger partial charge in [0.2, 0.25) is 5.88 Å². The predicted octanol–water partition coefficient (Wildman–Crippen LogP) is 4.11. The van der Waals surface area contributed by atoms with Crippen molar-refractivity contribution in [1.82, 2.24) is 4.57 Å². The van der Waals surface area contributed by atoms with E-state index in [4.69, 9.17) is 0 Å². The summed E-state index contributed by atoms with van der Waals surface area (Å²) in [6.45, 7) is 1.99. The van der Waals surface area contributed by atoms with Crippen LogP contribution in [-0.2, 0) is 0 Å². The summed E-state index contributed by atoms with van der Waals surface area (Å²) in [5.41, 5.74) is 1.95. The monoisotopic (exact) mass is 317 g/mol. The predicted molar refractivity (Wildman–Crippen MR) is 79.0 cm³/mol. The standard InChI is InChI=1S/C15H12BrNO2/c1-9-13(16)3-2-4-14(9)17-8-10-7-11(18)5-6-12(10)15(17)19/h2-8,18-19H,1H3. The van der Waals surface area contributed by atoms with Crippen LogP contribution in [-0.4, -0.2) is 14.8 Å². The second kappa shape index (κ2) is 4.31. The van der Waals surface area contributed by atoms with Gasteiger partial charge in [-0.05, 0) is 42.8 Å². The van der Waals surface area contributed by atoms with Gasteiger partial charge in [-0.15, -0.1) is 0 Å². The van der Waals surface area contributed by atoms with Gasteiger partial charge in [-0.1, -0.05) is 22.0 Å². The number of benzene rings is 2. The second-order valence-corrected chi connectivity index (χ2v) is 5.33. The lowest BCUT2D eigenvalue weighted by molar-refractivity contribution is 0.448. The number of hydrogen-bond donors (Lipinski definition) is 2. The maximum absolute atomic E-state index is 10.3. The Morgan fingerprint density at radius 2 is 1.89 bits per heavy atom. The highest BCUT2D eigenvalue weighted by Crippen LogP contribution is 2.34. The lowest BCUT2D eigenvalue weighted by Crippen LogP contribution is -1.94. The Morgan fingerprint density at radius 1 is 1.11 bits per heavy atom. The molecule has 19 heavy (non-hydrogen) atoms. The van der Waals surface area contributed by atoms with Crippen molar-refractivity contribution in [3.05, 3.63) is 52.6 Å². The molecule has 0 amide bonds. The molecule has 0 spiro atoms. The molecule has 0 aliphatic carbocycles. The molecule has 96 valence electrons. The molecular formula is C15H12BrNO2. The van der Waals surface area contributed by atoms with Crippen LogP contribution in [0.2, 0.25) is 0 Å². The first-order chi connectivity index (χ1) is 9.08. The third-order valence-electron chi connectivity index (χ3n) is 3.27. The molecule has 2 N–H and O–H groups in total. The summed E-state index contributed by atoms with van der Waals surface area (Å²) in [6, 6.07) is 10.8. The van der Waals surface area contributed by atoms with Crippen LogP contribution >= 0.6 is 15.9 Å². The van der Waals surface area contributed by atoms with Crippen LogP contribution in [0, 0.1) is 6.92 Å². The topological polar surface area (TPSA) is 45.4 Å². The van der Waals surface area contributed by atoms with Gasteiger partial charge in [-0.2, -0.15) is 0 Å². The summed E-state index contributed by atoms with van der Waals surface area (Å²) in [4.78, 5) is 0. The fourth-order valence-electron chi connectivity index (χ4n) is 2.23. The molecule has 4 heteroatoms. The lowest BCUT2D eigenvalue weighted by Gasteiger charge is -2.09. The zero-order valence-corrected chi connectivity index (χ0v) is 11.8. The second-order valence-electron chi connectivity index (χ2n) is 4.48. The van der Waals surface area contributed by atoms with E-state index in [1.165, 1.54) is 0 Å². The highest BCUT2D eigenvalue weighted by atomic mass is 79.9. The number of phenols is 1. The number of hydrogen-bond acceptors (Lipinski definition) is 2. The van der Waals surface area contributed by atoms with E-state index in [0.29, 0.717) is 0 Å². The number of rotatable bonds is 1. The van der Waals surface area contributed by atoms with Crippen LogP contribution < -0.4 is 0 Å². The van der Waals surface area contributed by atoms with Crippen molar-refractivity contribution < 1.29 is 10.2 Å². The summed E-state index contributed by atoms with van der Waals surface area (Å²) in [5.74, 6) is 0.367. The van der Waals surface area contributed by atoms with Gasteiger partial charge < -0.3 is 10.2 Å². The Bertz CT molecular complexity index is 777. The van der Waals surface area contributed by atoms with Crippen molar-refractivity contribution in [3.63, 3.8) is 0 Å². The quantitative estimate of drug-likeness (QED) is 0.709. The highest BCUT2D eigenvalue weighted by molar-refractivity contribution is 9.10. The summed E-state index contributed by atoms with van der Waals surface area (Å²) < 4.78 is 2.72. The molecule has 0 unspecified atom stereocenters. The molecule has 0 aliphatic rings. The van der Waals surface area contributed by atoms with E-state index in [1.807, 2.05) is 31.3 Å². The molecule has 0 fully saturated rings. The normalized spacial score (nSPS) is 11.1. The number of halogens is 1. The first-order valence-corrected chi connectivity index (χ1v) is 6.66. The van der Waals surface area contributed by atoms with Crippen molar-refractivity contribution in [3.8, 4) is 17.3 Å². The van der Waals surface area contributed by atoms with E-state index in [1.54, 1.807) is 22.8 Å².